The topological polar surface area (TPSA) is 43.1 Å². The van der Waals surface area contributed by atoms with Crippen LogP contribution in [0.5, 0.6) is 0 Å². The highest BCUT2D eigenvalue weighted by molar-refractivity contribution is 6.11. The van der Waals surface area contributed by atoms with Crippen LogP contribution in [0.1, 0.15) is 0 Å². The standard InChI is InChI=1S/C26H17NO2/c28-27(29)25-15-6-5-13-22(25)24-17-16-19-9-2-4-12-21(19)26(24)23-14-7-10-18-8-1-3-11-20(18)23/h1-17H. The molecule has 5 aromatic rings. The molecule has 0 aliphatic heterocycles. The molecule has 0 fully saturated rings. The van der Waals surface area contributed by atoms with E-state index in [1.165, 1.54) is 0 Å². The van der Waals surface area contributed by atoms with Crippen molar-refractivity contribution >= 4 is 27.2 Å². The van der Waals surface area contributed by atoms with Crippen LogP contribution in [0.4, 0.5) is 5.69 Å². The Hall–Kier alpha value is -3.98. The third-order valence-electron chi connectivity index (χ3n) is 5.38. The van der Waals surface area contributed by atoms with Crippen LogP contribution < -0.4 is 0 Å². The second-order valence-electron chi connectivity index (χ2n) is 7.01. The van der Waals surface area contributed by atoms with Gasteiger partial charge in [-0.1, -0.05) is 91.0 Å². The van der Waals surface area contributed by atoms with E-state index in [-0.39, 0.29) is 10.6 Å². The fourth-order valence-corrected chi connectivity index (χ4v) is 4.09. The third kappa shape index (κ3) is 2.84. The molecule has 0 unspecified atom stereocenters. The predicted octanol–water partition coefficient (Wildman–Crippen LogP) is 7.24. The molecule has 5 rings (SSSR count). The number of para-hydroxylation sites is 1. The minimum absolute atomic E-state index is 0.115. The highest BCUT2D eigenvalue weighted by Gasteiger charge is 2.20. The molecule has 0 amide bonds. The van der Waals surface area contributed by atoms with Gasteiger partial charge in [-0.2, -0.15) is 0 Å². The summed E-state index contributed by atoms with van der Waals surface area (Å²) in [4.78, 5) is 11.4. The van der Waals surface area contributed by atoms with Crippen molar-refractivity contribution in [3.63, 3.8) is 0 Å². The van der Waals surface area contributed by atoms with Gasteiger partial charge in [-0.3, -0.25) is 10.1 Å². The summed E-state index contributed by atoms with van der Waals surface area (Å²) >= 11 is 0. The average molecular weight is 375 g/mol. The van der Waals surface area contributed by atoms with Crippen LogP contribution in [0, 0.1) is 10.1 Å². The van der Waals surface area contributed by atoms with Crippen molar-refractivity contribution in [1.29, 1.82) is 0 Å². The van der Waals surface area contributed by atoms with Crippen LogP contribution in [0.3, 0.4) is 0 Å². The Bertz CT molecular complexity index is 1380. The first kappa shape index (κ1) is 17.1. The molecule has 29 heavy (non-hydrogen) atoms. The smallest absolute Gasteiger partial charge is 0.258 e. The summed E-state index contributed by atoms with van der Waals surface area (Å²) in [6.45, 7) is 0. The molecule has 3 heteroatoms. The largest absolute Gasteiger partial charge is 0.277 e. The van der Waals surface area contributed by atoms with Gasteiger partial charge in [-0.25, -0.2) is 0 Å². The lowest BCUT2D eigenvalue weighted by atomic mass is 9.87. The second kappa shape index (κ2) is 6.88. The van der Waals surface area contributed by atoms with Crippen molar-refractivity contribution in [3.8, 4) is 22.3 Å². The van der Waals surface area contributed by atoms with Gasteiger partial charge in [0.05, 0.1) is 10.5 Å². The van der Waals surface area contributed by atoms with E-state index >= 15 is 0 Å². The van der Waals surface area contributed by atoms with Gasteiger partial charge in [-0.15, -0.1) is 0 Å². The Balaban J connectivity index is 1.95. The van der Waals surface area contributed by atoms with Crippen LogP contribution in [0.15, 0.2) is 103 Å². The molecule has 138 valence electrons. The van der Waals surface area contributed by atoms with E-state index in [4.69, 9.17) is 0 Å². The first-order chi connectivity index (χ1) is 14.2. The Kier molecular flexibility index (Phi) is 4.07. The molecule has 0 heterocycles. The third-order valence-corrected chi connectivity index (χ3v) is 5.38. The zero-order valence-electron chi connectivity index (χ0n) is 15.6. The summed E-state index contributed by atoms with van der Waals surface area (Å²) in [7, 11) is 0. The second-order valence-corrected chi connectivity index (χ2v) is 7.01. The first-order valence-electron chi connectivity index (χ1n) is 9.48. The Morgan fingerprint density at radius 1 is 0.517 bits per heavy atom. The molecule has 0 radical (unpaired) electrons. The number of fused-ring (bicyclic) bond motifs is 2. The van der Waals surface area contributed by atoms with E-state index in [9.17, 15) is 10.1 Å². The van der Waals surface area contributed by atoms with Crippen LogP contribution in [-0.4, -0.2) is 4.92 Å². The lowest BCUT2D eigenvalue weighted by Gasteiger charge is -2.16. The summed E-state index contributed by atoms with van der Waals surface area (Å²) in [5, 5.41) is 16.2. The maximum absolute atomic E-state index is 11.7. The molecule has 0 aliphatic rings. The first-order valence-corrected chi connectivity index (χ1v) is 9.48. The molecule has 3 nitrogen and oxygen atoms in total. The molecule has 0 atom stereocenters. The normalized spacial score (nSPS) is 11.0. The van der Waals surface area contributed by atoms with E-state index in [2.05, 4.69) is 36.4 Å². The molecule has 0 N–H and O–H groups in total. The van der Waals surface area contributed by atoms with Gasteiger partial charge < -0.3 is 0 Å². The van der Waals surface area contributed by atoms with Crippen molar-refractivity contribution in [3.05, 3.63) is 113 Å². The highest BCUT2D eigenvalue weighted by atomic mass is 16.6. The van der Waals surface area contributed by atoms with Gasteiger partial charge in [-0.05, 0) is 44.3 Å². The summed E-state index contributed by atoms with van der Waals surface area (Å²) in [5.41, 5.74) is 3.71. The molecular weight excluding hydrogens is 358 g/mol. The molecule has 5 aromatic carbocycles. The SMILES string of the molecule is O=[N+]([O-])c1ccccc1-c1ccc2ccccc2c1-c1cccc2ccccc12. The number of nitro groups is 1. The fraction of sp³-hybridized carbons (Fsp3) is 0. The van der Waals surface area contributed by atoms with E-state index in [1.54, 1.807) is 12.1 Å². The Labute approximate surface area is 168 Å². The molecule has 0 saturated heterocycles. The average Bonchev–Trinajstić information content (AvgIpc) is 2.78. The van der Waals surface area contributed by atoms with E-state index in [0.717, 1.165) is 38.2 Å². The number of nitro benzene ring substituents is 1. The predicted molar refractivity (Wildman–Crippen MR) is 119 cm³/mol. The van der Waals surface area contributed by atoms with Crippen molar-refractivity contribution in [2.75, 3.05) is 0 Å². The molecule has 0 saturated carbocycles. The molecule has 0 bridgehead atoms. The minimum Gasteiger partial charge on any atom is -0.258 e. The van der Waals surface area contributed by atoms with E-state index < -0.39 is 0 Å². The van der Waals surface area contributed by atoms with E-state index in [1.807, 2.05) is 54.6 Å². The van der Waals surface area contributed by atoms with Crippen molar-refractivity contribution in [1.82, 2.24) is 0 Å². The number of hydrogen-bond donors (Lipinski definition) is 0. The number of hydrogen-bond acceptors (Lipinski definition) is 2. The van der Waals surface area contributed by atoms with Crippen LogP contribution in [-0.2, 0) is 0 Å². The maximum Gasteiger partial charge on any atom is 0.277 e. The quantitative estimate of drug-likeness (QED) is 0.246. The highest BCUT2D eigenvalue weighted by Crippen LogP contribution is 2.43. The molecular formula is C26H17NO2. The number of nitrogens with zero attached hydrogens (tertiary/aromatic N) is 1. The molecule has 0 spiro atoms. The molecule has 0 aromatic heterocycles. The lowest BCUT2D eigenvalue weighted by molar-refractivity contribution is -0.384. The van der Waals surface area contributed by atoms with Gasteiger partial charge in [0.2, 0.25) is 0 Å². The lowest BCUT2D eigenvalue weighted by Crippen LogP contribution is -1.94. The van der Waals surface area contributed by atoms with Gasteiger partial charge in [0, 0.05) is 6.07 Å². The van der Waals surface area contributed by atoms with Gasteiger partial charge in [0.1, 0.15) is 0 Å². The van der Waals surface area contributed by atoms with Gasteiger partial charge in [0.15, 0.2) is 0 Å². The van der Waals surface area contributed by atoms with Crippen LogP contribution in [0.2, 0.25) is 0 Å². The van der Waals surface area contributed by atoms with Gasteiger partial charge in [0.25, 0.3) is 5.69 Å². The summed E-state index contributed by atoms with van der Waals surface area (Å²) < 4.78 is 0. The maximum atomic E-state index is 11.7. The van der Waals surface area contributed by atoms with Crippen LogP contribution >= 0.6 is 0 Å². The van der Waals surface area contributed by atoms with Crippen molar-refractivity contribution < 1.29 is 4.92 Å². The Morgan fingerprint density at radius 3 is 1.90 bits per heavy atom. The number of rotatable bonds is 3. The minimum atomic E-state index is -0.308. The zero-order valence-corrected chi connectivity index (χ0v) is 15.6. The fourth-order valence-electron chi connectivity index (χ4n) is 4.09. The number of benzene rings is 5. The molecule has 0 aliphatic carbocycles. The van der Waals surface area contributed by atoms with Gasteiger partial charge >= 0.3 is 0 Å². The summed E-state index contributed by atoms with van der Waals surface area (Å²) in [5.74, 6) is 0. The van der Waals surface area contributed by atoms with E-state index in [0.29, 0.717) is 5.56 Å². The summed E-state index contributed by atoms with van der Waals surface area (Å²) in [6, 6.07) is 33.7. The van der Waals surface area contributed by atoms with Crippen molar-refractivity contribution in [2.45, 2.75) is 0 Å². The Morgan fingerprint density at radius 2 is 1.10 bits per heavy atom. The monoisotopic (exact) mass is 375 g/mol. The zero-order chi connectivity index (χ0) is 19.8. The van der Waals surface area contributed by atoms with Crippen LogP contribution in [0.25, 0.3) is 43.8 Å². The van der Waals surface area contributed by atoms with Crippen molar-refractivity contribution in [2.24, 2.45) is 0 Å². The summed E-state index contributed by atoms with van der Waals surface area (Å²) in [6.07, 6.45) is 0.